The van der Waals surface area contributed by atoms with Gasteiger partial charge in [-0.2, -0.15) is 0 Å². The van der Waals surface area contributed by atoms with E-state index in [2.05, 4.69) is 22.6 Å². The molecule has 2 aromatic carbocycles. The zero-order valence-corrected chi connectivity index (χ0v) is 11.3. The van der Waals surface area contributed by atoms with Crippen LogP contribution in [0.2, 0.25) is 0 Å². The first kappa shape index (κ1) is 12.0. The first-order valence-electron chi connectivity index (χ1n) is 5.29. The topological polar surface area (TPSA) is 17.1 Å². The van der Waals surface area contributed by atoms with Gasteiger partial charge in [-0.1, -0.05) is 60.7 Å². The molecule has 0 spiro atoms. The number of hydrogen-bond acceptors (Lipinski definition) is 1. The Bertz CT molecular complexity index is 529. The molecule has 0 heterocycles. The lowest BCUT2D eigenvalue weighted by atomic mass is 10.1. The van der Waals surface area contributed by atoms with Crippen LogP contribution in [0.5, 0.6) is 0 Å². The molecule has 0 radical (unpaired) electrons. The number of allylic oxidation sites excluding steroid dienone is 1. The summed E-state index contributed by atoms with van der Waals surface area (Å²) in [6.45, 7) is 0. The third kappa shape index (κ3) is 3.27. The number of halogens is 1. The third-order valence-electron chi connectivity index (χ3n) is 2.35. The molecule has 0 atom stereocenters. The molecule has 0 aliphatic carbocycles. The summed E-state index contributed by atoms with van der Waals surface area (Å²) in [5.74, 6) is 0.0649. The van der Waals surface area contributed by atoms with Crippen LogP contribution in [0, 0.1) is 0 Å². The zero-order valence-electron chi connectivity index (χ0n) is 9.14. The van der Waals surface area contributed by atoms with Crippen molar-refractivity contribution in [3.05, 3.63) is 75.4 Å². The minimum absolute atomic E-state index is 0.0649. The number of hydrogen-bond donors (Lipinski definition) is 0. The fraction of sp³-hybridized carbons (Fsp3) is 0. The highest BCUT2D eigenvalue weighted by atomic mass is 127. The molecule has 0 N–H and O–H groups in total. The van der Waals surface area contributed by atoms with Crippen molar-refractivity contribution >= 4 is 34.5 Å². The quantitative estimate of drug-likeness (QED) is 0.463. The Kier molecular flexibility index (Phi) is 4.09. The van der Waals surface area contributed by atoms with Crippen LogP contribution in [0.15, 0.2) is 64.2 Å². The molecule has 2 aromatic rings. The SMILES string of the molecule is O=C(/C(I)=C/c1ccccc1)c1ccccc1. The monoisotopic (exact) mass is 334 g/mol. The maximum Gasteiger partial charge on any atom is 0.199 e. The van der Waals surface area contributed by atoms with Gasteiger partial charge < -0.3 is 0 Å². The highest BCUT2D eigenvalue weighted by Crippen LogP contribution is 2.18. The first-order valence-corrected chi connectivity index (χ1v) is 6.37. The Labute approximate surface area is 114 Å². The van der Waals surface area contributed by atoms with Crippen LogP contribution in [0.3, 0.4) is 0 Å². The Balaban J connectivity index is 2.24. The minimum Gasteiger partial charge on any atom is -0.288 e. The van der Waals surface area contributed by atoms with Crippen molar-refractivity contribution < 1.29 is 4.79 Å². The van der Waals surface area contributed by atoms with Crippen molar-refractivity contribution in [2.75, 3.05) is 0 Å². The molecule has 0 saturated heterocycles. The zero-order chi connectivity index (χ0) is 12.1. The van der Waals surface area contributed by atoms with Crippen LogP contribution in [0.25, 0.3) is 6.08 Å². The second-order valence-corrected chi connectivity index (χ2v) is 4.76. The van der Waals surface area contributed by atoms with Crippen LogP contribution in [0.1, 0.15) is 15.9 Å². The van der Waals surface area contributed by atoms with Crippen LogP contribution < -0.4 is 0 Å². The number of Topliss-reactive ketones (excluding diaryl/α,β-unsaturated/α-hetero) is 1. The Morgan fingerprint density at radius 3 is 2.00 bits per heavy atom. The predicted molar refractivity (Wildman–Crippen MR) is 79.2 cm³/mol. The smallest absolute Gasteiger partial charge is 0.199 e. The molecule has 0 aromatic heterocycles. The maximum atomic E-state index is 12.1. The van der Waals surface area contributed by atoms with Crippen molar-refractivity contribution in [2.24, 2.45) is 0 Å². The minimum atomic E-state index is 0.0649. The number of carbonyl (C=O) groups is 1. The van der Waals surface area contributed by atoms with Crippen molar-refractivity contribution in [3.63, 3.8) is 0 Å². The fourth-order valence-electron chi connectivity index (χ4n) is 1.49. The van der Waals surface area contributed by atoms with Gasteiger partial charge in [0.05, 0.1) is 3.58 Å². The van der Waals surface area contributed by atoms with E-state index >= 15 is 0 Å². The van der Waals surface area contributed by atoms with Crippen molar-refractivity contribution in [3.8, 4) is 0 Å². The maximum absolute atomic E-state index is 12.1. The van der Waals surface area contributed by atoms with Gasteiger partial charge in [0, 0.05) is 5.56 Å². The van der Waals surface area contributed by atoms with E-state index in [0.29, 0.717) is 0 Å². The van der Waals surface area contributed by atoms with Gasteiger partial charge in [-0.25, -0.2) is 0 Å². The molecule has 17 heavy (non-hydrogen) atoms. The lowest BCUT2D eigenvalue weighted by Gasteiger charge is -1.99. The molecule has 2 heteroatoms. The molecule has 0 unspecified atom stereocenters. The van der Waals surface area contributed by atoms with E-state index in [1.54, 1.807) is 0 Å². The van der Waals surface area contributed by atoms with Gasteiger partial charge in [-0.15, -0.1) is 0 Å². The normalized spacial score (nSPS) is 11.2. The molecule has 1 nitrogen and oxygen atoms in total. The van der Waals surface area contributed by atoms with Crippen molar-refractivity contribution in [2.45, 2.75) is 0 Å². The van der Waals surface area contributed by atoms with Crippen LogP contribution in [-0.2, 0) is 0 Å². The van der Waals surface area contributed by atoms with E-state index in [4.69, 9.17) is 0 Å². The Morgan fingerprint density at radius 2 is 1.41 bits per heavy atom. The molecule has 2 rings (SSSR count). The highest BCUT2D eigenvalue weighted by Gasteiger charge is 2.08. The summed E-state index contributed by atoms with van der Waals surface area (Å²) in [5, 5.41) is 0. The van der Waals surface area contributed by atoms with E-state index in [9.17, 15) is 4.79 Å². The molecule has 0 aliphatic heterocycles. The van der Waals surface area contributed by atoms with Crippen molar-refractivity contribution in [1.82, 2.24) is 0 Å². The summed E-state index contributed by atoms with van der Waals surface area (Å²) < 4.78 is 0.722. The lowest BCUT2D eigenvalue weighted by Crippen LogP contribution is -1.97. The molecule has 84 valence electrons. The van der Waals surface area contributed by atoms with E-state index < -0.39 is 0 Å². The largest absolute Gasteiger partial charge is 0.288 e. The summed E-state index contributed by atoms with van der Waals surface area (Å²) >= 11 is 2.09. The van der Waals surface area contributed by atoms with Gasteiger partial charge in [0.25, 0.3) is 0 Å². The van der Waals surface area contributed by atoms with Gasteiger partial charge >= 0.3 is 0 Å². The van der Waals surface area contributed by atoms with E-state index in [0.717, 1.165) is 14.7 Å². The molecular weight excluding hydrogens is 323 g/mol. The third-order valence-corrected chi connectivity index (χ3v) is 3.15. The molecule has 0 bridgehead atoms. The van der Waals surface area contributed by atoms with Gasteiger partial charge in [0.2, 0.25) is 0 Å². The number of rotatable bonds is 3. The lowest BCUT2D eigenvalue weighted by molar-refractivity contribution is 0.104. The Morgan fingerprint density at radius 1 is 0.882 bits per heavy atom. The summed E-state index contributed by atoms with van der Waals surface area (Å²) in [7, 11) is 0. The summed E-state index contributed by atoms with van der Waals surface area (Å²) in [6, 6.07) is 19.2. The van der Waals surface area contributed by atoms with Gasteiger partial charge in [-0.05, 0) is 34.2 Å². The first-order chi connectivity index (χ1) is 8.27. The second-order valence-electron chi connectivity index (χ2n) is 3.60. The van der Waals surface area contributed by atoms with E-state index in [1.165, 1.54) is 0 Å². The van der Waals surface area contributed by atoms with Crippen LogP contribution in [-0.4, -0.2) is 5.78 Å². The fourth-order valence-corrected chi connectivity index (χ4v) is 2.16. The number of carbonyl (C=O) groups excluding carboxylic acids is 1. The standard InChI is InChI=1S/C15H11IO/c16-14(11-12-7-3-1-4-8-12)15(17)13-9-5-2-6-10-13/h1-11H/b14-11-. The van der Waals surface area contributed by atoms with Crippen LogP contribution in [0.4, 0.5) is 0 Å². The second kappa shape index (κ2) is 5.77. The van der Waals surface area contributed by atoms with Gasteiger partial charge in [0.1, 0.15) is 0 Å². The summed E-state index contributed by atoms with van der Waals surface area (Å²) in [4.78, 5) is 12.1. The molecule has 0 aliphatic rings. The Hall–Kier alpha value is -1.42. The van der Waals surface area contributed by atoms with E-state index in [-0.39, 0.29) is 5.78 Å². The molecule has 0 saturated carbocycles. The summed E-state index contributed by atoms with van der Waals surface area (Å²) in [6.07, 6.45) is 1.90. The average Bonchev–Trinajstić information content (AvgIpc) is 2.40. The highest BCUT2D eigenvalue weighted by molar-refractivity contribution is 14.1. The van der Waals surface area contributed by atoms with Crippen LogP contribution >= 0.6 is 22.6 Å². The van der Waals surface area contributed by atoms with Gasteiger partial charge in [0.15, 0.2) is 5.78 Å². The number of ketones is 1. The summed E-state index contributed by atoms with van der Waals surface area (Å²) in [5.41, 5.74) is 1.77. The molecular formula is C15H11IO. The predicted octanol–water partition coefficient (Wildman–Crippen LogP) is 4.35. The molecule has 0 fully saturated rings. The van der Waals surface area contributed by atoms with Gasteiger partial charge in [-0.3, -0.25) is 4.79 Å². The molecule has 0 amide bonds. The van der Waals surface area contributed by atoms with Crippen molar-refractivity contribution in [1.29, 1.82) is 0 Å². The average molecular weight is 334 g/mol. The van der Waals surface area contributed by atoms with E-state index in [1.807, 2.05) is 66.7 Å². The number of benzene rings is 2.